The molecular formula is C6H14OS. The van der Waals surface area contributed by atoms with Gasteiger partial charge in [-0.1, -0.05) is 6.92 Å². The molecule has 1 atom stereocenters. The summed E-state index contributed by atoms with van der Waals surface area (Å²) in [7, 11) is 0. The van der Waals surface area contributed by atoms with E-state index in [4.69, 9.17) is 4.74 Å². The fourth-order valence-electron chi connectivity index (χ4n) is 0.372. The second-order valence-corrected chi connectivity index (χ2v) is 2.26. The number of ether oxygens (including phenoxy) is 1. The van der Waals surface area contributed by atoms with Gasteiger partial charge < -0.3 is 4.74 Å². The summed E-state index contributed by atoms with van der Waals surface area (Å²) in [5, 5.41) is 0. The van der Waals surface area contributed by atoms with Crippen LogP contribution in [-0.2, 0) is 4.74 Å². The van der Waals surface area contributed by atoms with Crippen molar-refractivity contribution in [3.63, 3.8) is 0 Å². The van der Waals surface area contributed by atoms with Crippen molar-refractivity contribution >= 4 is 12.6 Å². The number of rotatable bonds is 4. The summed E-state index contributed by atoms with van der Waals surface area (Å²) in [6.07, 6.45) is 1.50. The van der Waals surface area contributed by atoms with Crippen LogP contribution in [0.15, 0.2) is 0 Å². The lowest BCUT2D eigenvalue weighted by Crippen LogP contribution is -2.07. The quantitative estimate of drug-likeness (QED) is 0.576. The Labute approximate surface area is 56.8 Å². The smallest absolute Gasteiger partial charge is 0.0557 e. The average molecular weight is 134 g/mol. The zero-order chi connectivity index (χ0) is 6.41. The van der Waals surface area contributed by atoms with Crippen LogP contribution in [0.1, 0.15) is 20.3 Å². The molecule has 8 heavy (non-hydrogen) atoms. The molecule has 0 N–H and O–H groups in total. The Morgan fingerprint density at radius 3 is 2.62 bits per heavy atom. The van der Waals surface area contributed by atoms with Gasteiger partial charge in [0.15, 0.2) is 0 Å². The topological polar surface area (TPSA) is 9.23 Å². The van der Waals surface area contributed by atoms with Gasteiger partial charge in [-0.15, -0.1) is 0 Å². The number of hydrogen-bond donors (Lipinski definition) is 1. The van der Waals surface area contributed by atoms with Crippen molar-refractivity contribution in [2.45, 2.75) is 26.4 Å². The molecule has 50 valence electrons. The van der Waals surface area contributed by atoms with E-state index < -0.39 is 0 Å². The monoisotopic (exact) mass is 134 g/mol. The summed E-state index contributed by atoms with van der Waals surface area (Å²) in [5.74, 6) is 0.824. The lowest BCUT2D eigenvalue weighted by atomic mass is 10.3. The molecule has 0 aromatic rings. The van der Waals surface area contributed by atoms with E-state index >= 15 is 0 Å². The van der Waals surface area contributed by atoms with Gasteiger partial charge in [-0.05, 0) is 13.3 Å². The maximum atomic E-state index is 5.26. The van der Waals surface area contributed by atoms with Crippen molar-refractivity contribution in [2.75, 3.05) is 12.4 Å². The molecule has 0 aliphatic rings. The van der Waals surface area contributed by atoms with Gasteiger partial charge in [0.1, 0.15) is 0 Å². The Morgan fingerprint density at radius 2 is 2.25 bits per heavy atom. The van der Waals surface area contributed by atoms with E-state index in [1.807, 2.05) is 0 Å². The third kappa shape index (κ3) is 4.47. The van der Waals surface area contributed by atoms with Gasteiger partial charge in [0.2, 0.25) is 0 Å². The Balaban J connectivity index is 2.86. The molecule has 1 unspecified atom stereocenters. The van der Waals surface area contributed by atoms with E-state index in [0.29, 0.717) is 6.10 Å². The number of thiol groups is 1. The summed E-state index contributed by atoms with van der Waals surface area (Å²) < 4.78 is 5.26. The molecule has 0 heterocycles. The van der Waals surface area contributed by atoms with Crippen molar-refractivity contribution in [3.05, 3.63) is 0 Å². The van der Waals surface area contributed by atoms with E-state index in [2.05, 4.69) is 26.5 Å². The van der Waals surface area contributed by atoms with E-state index in [0.717, 1.165) is 18.8 Å². The highest BCUT2D eigenvalue weighted by Crippen LogP contribution is 1.94. The molecular weight excluding hydrogens is 120 g/mol. The predicted molar refractivity (Wildman–Crippen MR) is 39.6 cm³/mol. The highest BCUT2D eigenvalue weighted by molar-refractivity contribution is 7.80. The first-order chi connectivity index (χ1) is 3.81. The maximum Gasteiger partial charge on any atom is 0.0557 e. The molecule has 0 bridgehead atoms. The zero-order valence-corrected chi connectivity index (χ0v) is 6.45. The fourth-order valence-corrected chi connectivity index (χ4v) is 0.477. The number of hydrogen-bond acceptors (Lipinski definition) is 2. The Kier molecular flexibility index (Phi) is 5.66. The Hall–Kier alpha value is 0.310. The largest absolute Gasteiger partial charge is 0.378 e. The highest BCUT2D eigenvalue weighted by Gasteiger charge is 1.93. The first-order valence-electron chi connectivity index (χ1n) is 3.03. The summed E-state index contributed by atoms with van der Waals surface area (Å²) in [6.45, 7) is 4.96. The van der Waals surface area contributed by atoms with Crippen LogP contribution in [-0.4, -0.2) is 18.5 Å². The SMILES string of the molecule is CCC(C)OCCS. The van der Waals surface area contributed by atoms with Gasteiger partial charge in [-0.25, -0.2) is 0 Å². The minimum Gasteiger partial charge on any atom is -0.378 e. The lowest BCUT2D eigenvalue weighted by Gasteiger charge is -2.07. The van der Waals surface area contributed by atoms with Gasteiger partial charge in [-0.2, -0.15) is 12.6 Å². The van der Waals surface area contributed by atoms with Crippen LogP contribution in [0.25, 0.3) is 0 Å². The van der Waals surface area contributed by atoms with Crippen molar-refractivity contribution in [3.8, 4) is 0 Å². The van der Waals surface area contributed by atoms with Gasteiger partial charge in [-0.3, -0.25) is 0 Å². The first-order valence-corrected chi connectivity index (χ1v) is 3.67. The molecule has 0 amide bonds. The molecule has 0 saturated carbocycles. The molecule has 0 fully saturated rings. The van der Waals surface area contributed by atoms with Gasteiger partial charge >= 0.3 is 0 Å². The normalized spacial score (nSPS) is 13.9. The second kappa shape index (κ2) is 5.45. The van der Waals surface area contributed by atoms with Crippen LogP contribution in [0.3, 0.4) is 0 Å². The molecule has 0 spiro atoms. The van der Waals surface area contributed by atoms with Crippen LogP contribution in [0, 0.1) is 0 Å². The van der Waals surface area contributed by atoms with Crippen molar-refractivity contribution in [1.82, 2.24) is 0 Å². The van der Waals surface area contributed by atoms with Gasteiger partial charge in [0, 0.05) is 5.75 Å². The van der Waals surface area contributed by atoms with E-state index in [-0.39, 0.29) is 0 Å². The fraction of sp³-hybridized carbons (Fsp3) is 1.00. The van der Waals surface area contributed by atoms with Gasteiger partial charge in [0.05, 0.1) is 12.7 Å². The van der Waals surface area contributed by atoms with Crippen LogP contribution in [0.4, 0.5) is 0 Å². The molecule has 0 rings (SSSR count). The minimum atomic E-state index is 0.405. The molecule has 0 aromatic heterocycles. The molecule has 0 aromatic carbocycles. The molecule has 1 nitrogen and oxygen atoms in total. The second-order valence-electron chi connectivity index (χ2n) is 1.81. The van der Waals surface area contributed by atoms with Crippen LogP contribution in [0.5, 0.6) is 0 Å². The third-order valence-electron chi connectivity index (χ3n) is 1.07. The van der Waals surface area contributed by atoms with Crippen LogP contribution in [0.2, 0.25) is 0 Å². The molecule has 0 aliphatic heterocycles. The van der Waals surface area contributed by atoms with Crippen LogP contribution < -0.4 is 0 Å². The lowest BCUT2D eigenvalue weighted by molar-refractivity contribution is 0.0760. The van der Waals surface area contributed by atoms with E-state index in [1.165, 1.54) is 0 Å². The zero-order valence-electron chi connectivity index (χ0n) is 5.55. The minimum absolute atomic E-state index is 0.405. The summed E-state index contributed by atoms with van der Waals surface area (Å²) in [5.41, 5.74) is 0. The van der Waals surface area contributed by atoms with Gasteiger partial charge in [0.25, 0.3) is 0 Å². The van der Waals surface area contributed by atoms with Crippen molar-refractivity contribution < 1.29 is 4.74 Å². The first kappa shape index (κ1) is 8.31. The summed E-state index contributed by atoms with van der Waals surface area (Å²) in [6, 6.07) is 0. The molecule has 0 saturated heterocycles. The summed E-state index contributed by atoms with van der Waals surface area (Å²) >= 11 is 4.01. The molecule has 0 radical (unpaired) electrons. The Morgan fingerprint density at radius 1 is 1.62 bits per heavy atom. The van der Waals surface area contributed by atoms with E-state index in [1.54, 1.807) is 0 Å². The molecule has 2 heteroatoms. The standard InChI is InChI=1S/C6H14OS/c1-3-6(2)7-4-5-8/h6,8H,3-5H2,1-2H3. The maximum absolute atomic E-state index is 5.26. The van der Waals surface area contributed by atoms with Crippen molar-refractivity contribution in [1.29, 1.82) is 0 Å². The molecule has 0 aliphatic carbocycles. The Bertz CT molecular complexity index is 47.8. The van der Waals surface area contributed by atoms with E-state index in [9.17, 15) is 0 Å². The predicted octanol–water partition coefficient (Wildman–Crippen LogP) is 1.73. The third-order valence-corrected chi connectivity index (χ3v) is 1.25. The van der Waals surface area contributed by atoms with Crippen LogP contribution >= 0.6 is 12.6 Å². The highest BCUT2D eigenvalue weighted by atomic mass is 32.1. The average Bonchev–Trinajstić information content (AvgIpc) is 1.83. The van der Waals surface area contributed by atoms with Crippen molar-refractivity contribution in [2.24, 2.45) is 0 Å². The summed E-state index contributed by atoms with van der Waals surface area (Å²) in [4.78, 5) is 0.